The smallest absolute Gasteiger partial charge is 0.136 e. The number of nitrogens with zero attached hydrogens (tertiary/aromatic N) is 2. The number of nitrogens with one attached hydrogen (secondary N) is 1. The Labute approximate surface area is 127 Å². The predicted octanol–water partition coefficient (Wildman–Crippen LogP) is 3.58. The maximum absolute atomic E-state index is 4.95. The summed E-state index contributed by atoms with van der Waals surface area (Å²) < 4.78 is 0. The number of aromatic nitrogens is 1. The topological polar surface area (TPSA) is 28.2 Å². The SMILES string of the molecule is CC1CCN(c2nc(CNC(C)C)cc3ccccc23)C1. The second-order valence-electron chi connectivity index (χ2n) is 6.53. The molecule has 2 heterocycles. The molecule has 1 saturated heterocycles. The Hall–Kier alpha value is -1.61. The molecule has 0 aliphatic carbocycles. The summed E-state index contributed by atoms with van der Waals surface area (Å²) in [7, 11) is 0. The van der Waals surface area contributed by atoms with Crippen molar-refractivity contribution in [3.8, 4) is 0 Å². The van der Waals surface area contributed by atoms with E-state index in [2.05, 4.69) is 61.3 Å². The number of hydrogen-bond donors (Lipinski definition) is 1. The maximum Gasteiger partial charge on any atom is 0.136 e. The van der Waals surface area contributed by atoms with Gasteiger partial charge in [0.2, 0.25) is 0 Å². The van der Waals surface area contributed by atoms with Gasteiger partial charge >= 0.3 is 0 Å². The third-order valence-corrected chi connectivity index (χ3v) is 4.19. The fraction of sp³-hybridized carbons (Fsp3) is 0.500. The van der Waals surface area contributed by atoms with E-state index in [0.29, 0.717) is 6.04 Å². The Morgan fingerprint density at radius 3 is 2.86 bits per heavy atom. The van der Waals surface area contributed by atoms with Gasteiger partial charge in [-0.3, -0.25) is 0 Å². The average molecular weight is 283 g/mol. The summed E-state index contributed by atoms with van der Waals surface area (Å²) >= 11 is 0. The van der Waals surface area contributed by atoms with E-state index < -0.39 is 0 Å². The minimum atomic E-state index is 0.480. The number of rotatable bonds is 4. The lowest BCUT2D eigenvalue weighted by atomic mass is 10.1. The van der Waals surface area contributed by atoms with Crippen molar-refractivity contribution < 1.29 is 0 Å². The molecule has 3 nitrogen and oxygen atoms in total. The van der Waals surface area contributed by atoms with Crippen LogP contribution in [0.5, 0.6) is 0 Å². The van der Waals surface area contributed by atoms with E-state index >= 15 is 0 Å². The molecule has 1 aromatic carbocycles. The van der Waals surface area contributed by atoms with Crippen LogP contribution < -0.4 is 10.2 Å². The van der Waals surface area contributed by atoms with Gasteiger partial charge in [0.05, 0.1) is 5.69 Å². The first kappa shape index (κ1) is 14.3. The van der Waals surface area contributed by atoms with Gasteiger partial charge in [-0.05, 0) is 23.8 Å². The molecule has 0 spiro atoms. The van der Waals surface area contributed by atoms with Crippen LogP contribution >= 0.6 is 0 Å². The summed E-state index contributed by atoms with van der Waals surface area (Å²) in [4.78, 5) is 7.40. The van der Waals surface area contributed by atoms with Gasteiger partial charge in [-0.1, -0.05) is 45.0 Å². The van der Waals surface area contributed by atoms with Crippen LogP contribution in [0, 0.1) is 5.92 Å². The second kappa shape index (κ2) is 6.02. The van der Waals surface area contributed by atoms with Gasteiger partial charge in [-0.2, -0.15) is 0 Å². The average Bonchev–Trinajstić information content (AvgIpc) is 2.90. The lowest BCUT2D eigenvalue weighted by Gasteiger charge is -2.20. The van der Waals surface area contributed by atoms with E-state index in [9.17, 15) is 0 Å². The molecule has 1 aliphatic rings. The van der Waals surface area contributed by atoms with Gasteiger partial charge in [0.15, 0.2) is 0 Å². The zero-order valence-corrected chi connectivity index (χ0v) is 13.3. The lowest BCUT2D eigenvalue weighted by Crippen LogP contribution is -2.24. The Morgan fingerprint density at radius 1 is 1.33 bits per heavy atom. The van der Waals surface area contributed by atoms with Crippen molar-refractivity contribution in [1.29, 1.82) is 0 Å². The predicted molar refractivity (Wildman–Crippen MR) is 89.7 cm³/mol. The molecule has 1 aromatic heterocycles. The first-order valence-corrected chi connectivity index (χ1v) is 8.00. The maximum atomic E-state index is 4.95. The summed E-state index contributed by atoms with van der Waals surface area (Å²) in [6.45, 7) is 9.75. The summed E-state index contributed by atoms with van der Waals surface area (Å²) in [6.07, 6.45) is 1.27. The summed E-state index contributed by atoms with van der Waals surface area (Å²) in [5, 5.41) is 6.04. The fourth-order valence-corrected chi connectivity index (χ4v) is 3.00. The number of hydrogen-bond acceptors (Lipinski definition) is 3. The molecule has 21 heavy (non-hydrogen) atoms. The molecule has 3 heteroatoms. The van der Waals surface area contributed by atoms with Gasteiger partial charge in [-0.25, -0.2) is 4.98 Å². The Morgan fingerprint density at radius 2 is 2.14 bits per heavy atom. The molecule has 112 valence electrons. The minimum Gasteiger partial charge on any atom is -0.356 e. The highest BCUT2D eigenvalue weighted by Crippen LogP contribution is 2.29. The van der Waals surface area contributed by atoms with Crippen LogP contribution in [-0.2, 0) is 6.54 Å². The monoisotopic (exact) mass is 283 g/mol. The van der Waals surface area contributed by atoms with Crippen molar-refractivity contribution in [1.82, 2.24) is 10.3 Å². The Bertz CT molecular complexity index is 621. The highest BCUT2D eigenvalue weighted by molar-refractivity contribution is 5.92. The fourth-order valence-electron chi connectivity index (χ4n) is 3.00. The first-order chi connectivity index (χ1) is 10.1. The zero-order valence-electron chi connectivity index (χ0n) is 13.3. The quantitative estimate of drug-likeness (QED) is 0.929. The molecule has 1 unspecified atom stereocenters. The molecule has 1 aliphatic heterocycles. The van der Waals surface area contributed by atoms with Gasteiger partial charge in [0.25, 0.3) is 0 Å². The molecule has 0 bridgehead atoms. The van der Waals surface area contributed by atoms with Crippen LogP contribution in [0.2, 0.25) is 0 Å². The van der Waals surface area contributed by atoms with Crippen LogP contribution in [0.25, 0.3) is 10.8 Å². The van der Waals surface area contributed by atoms with Crippen LogP contribution in [0.4, 0.5) is 5.82 Å². The molecule has 1 atom stereocenters. The van der Waals surface area contributed by atoms with E-state index in [-0.39, 0.29) is 0 Å². The first-order valence-electron chi connectivity index (χ1n) is 8.00. The van der Waals surface area contributed by atoms with E-state index in [0.717, 1.165) is 37.1 Å². The van der Waals surface area contributed by atoms with Crippen molar-refractivity contribution in [2.24, 2.45) is 5.92 Å². The zero-order chi connectivity index (χ0) is 14.8. The molecular weight excluding hydrogens is 258 g/mol. The highest BCUT2D eigenvalue weighted by Gasteiger charge is 2.22. The second-order valence-corrected chi connectivity index (χ2v) is 6.53. The Kier molecular flexibility index (Phi) is 4.11. The number of anilines is 1. The number of fused-ring (bicyclic) bond motifs is 1. The van der Waals surface area contributed by atoms with Crippen molar-refractivity contribution in [3.63, 3.8) is 0 Å². The third kappa shape index (κ3) is 3.18. The molecule has 0 radical (unpaired) electrons. The molecule has 0 amide bonds. The van der Waals surface area contributed by atoms with Gasteiger partial charge in [0.1, 0.15) is 5.82 Å². The largest absolute Gasteiger partial charge is 0.356 e. The Balaban J connectivity index is 1.99. The van der Waals surface area contributed by atoms with Crippen LogP contribution in [0.3, 0.4) is 0 Å². The molecule has 0 saturated carbocycles. The van der Waals surface area contributed by atoms with E-state index in [1.165, 1.54) is 17.2 Å². The highest BCUT2D eigenvalue weighted by atomic mass is 15.2. The molecule has 3 rings (SSSR count). The van der Waals surface area contributed by atoms with E-state index in [4.69, 9.17) is 4.98 Å². The standard InChI is InChI=1S/C18H25N3/c1-13(2)19-11-16-10-15-6-4-5-7-17(15)18(20-16)21-9-8-14(3)12-21/h4-7,10,13-14,19H,8-9,11-12H2,1-3H3. The number of benzene rings is 1. The van der Waals surface area contributed by atoms with Crippen LogP contribution in [-0.4, -0.2) is 24.1 Å². The number of pyridine rings is 1. The van der Waals surface area contributed by atoms with Crippen LogP contribution in [0.15, 0.2) is 30.3 Å². The summed E-state index contributed by atoms with van der Waals surface area (Å²) in [5.74, 6) is 1.93. The van der Waals surface area contributed by atoms with Crippen LogP contribution in [0.1, 0.15) is 32.9 Å². The summed E-state index contributed by atoms with van der Waals surface area (Å²) in [5.41, 5.74) is 1.14. The normalized spacial score (nSPS) is 18.9. The van der Waals surface area contributed by atoms with Crippen molar-refractivity contribution in [2.45, 2.75) is 39.8 Å². The van der Waals surface area contributed by atoms with Gasteiger partial charge in [0, 0.05) is 31.1 Å². The van der Waals surface area contributed by atoms with Gasteiger partial charge < -0.3 is 10.2 Å². The van der Waals surface area contributed by atoms with Crippen molar-refractivity contribution in [3.05, 3.63) is 36.0 Å². The minimum absolute atomic E-state index is 0.480. The molecule has 1 fully saturated rings. The molecule has 1 N–H and O–H groups in total. The van der Waals surface area contributed by atoms with Crippen molar-refractivity contribution >= 4 is 16.6 Å². The third-order valence-electron chi connectivity index (χ3n) is 4.19. The summed E-state index contributed by atoms with van der Waals surface area (Å²) in [6, 6.07) is 11.3. The molecule has 2 aromatic rings. The lowest BCUT2D eigenvalue weighted by molar-refractivity contribution is 0.581. The van der Waals surface area contributed by atoms with E-state index in [1.54, 1.807) is 0 Å². The molecular formula is C18H25N3. The van der Waals surface area contributed by atoms with Crippen molar-refractivity contribution in [2.75, 3.05) is 18.0 Å². The van der Waals surface area contributed by atoms with Gasteiger partial charge in [-0.15, -0.1) is 0 Å². The van der Waals surface area contributed by atoms with E-state index in [1.807, 2.05) is 0 Å².